The maximum absolute atomic E-state index is 12.0. The molecule has 1 amide bonds. The maximum atomic E-state index is 12.0. The van der Waals surface area contributed by atoms with Crippen LogP contribution in [0.3, 0.4) is 0 Å². The molecule has 1 heterocycles. The third-order valence-corrected chi connectivity index (χ3v) is 3.27. The third-order valence-electron chi connectivity index (χ3n) is 3.27. The number of benzene rings is 1. The lowest BCUT2D eigenvalue weighted by atomic mass is 10.2. The molecule has 1 aromatic carbocycles. The Kier molecular flexibility index (Phi) is 5.73. The molecular weight excluding hydrogens is 310 g/mol. The fraction of sp³-hybridized carbons (Fsp3) is 0.235. The Labute approximate surface area is 139 Å². The standard InChI is InChI=1S/C17H19N3O4/c1-3-20-9-5-6-13(17(20)23)16(22)19-18-11-12-7-8-14(21)15(10-12)24-4-2/h5-11,21H,3-4H2,1-2H3,(H,19,22)/b18-11-. The number of rotatable bonds is 6. The first-order valence-electron chi connectivity index (χ1n) is 7.55. The van der Waals surface area contributed by atoms with Gasteiger partial charge in [-0.2, -0.15) is 5.10 Å². The third kappa shape index (κ3) is 4.01. The maximum Gasteiger partial charge on any atom is 0.276 e. The largest absolute Gasteiger partial charge is 0.504 e. The molecule has 0 radical (unpaired) electrons. The molecule has 0 aliphatic rings. The van der Waals surface area contributed by atoms with E-state index in [0.717, 1.165) is 0 Å². The van der Waals surface area contributed by atoms with Crippen LogP contribution in [0.5, 0.6) is 11.5 Å². The van der Waals surface area contributed by atoms with Gasteiger partial charge in [0.1, 0.15) is 5.56 Å². The molecule has 0 atom stereocenters. The van der Waals surface area contributed by atoms with Gasteiger partial charge in [0.15, 0.2) is 11.5 Å². The van der Waals surface area contributed by atoms with Gasteiger partial charge in [0, 0.05) is 12.7 Å². The average Bonchev–Trinajstić information content (AvgIpc) is 2.58. The molecule has 7 nitrogen and oxygen atoms in total. The van der Waals surface area contributed by atoms with Crippen molar-refractivity contribution in [2.45, 2.75) is 20.4 Å². The zero-order valence-corrected chi connectivity index (χ0v) is 13.5. The zero-order valence-electron chi connectivity index (χ0n) is 13.5. The summed E-state index contributed by atoms with van der Waals surface area (Å²) >= 11 is 0. The minimum atomic E-state index is -0.581. The van der Waals surface area contributed by atoms with Gasteiger partial charge in [0.2, 0.25) is 0 Å². The van der Waals surface area contributed by atoms with E-state index in [9.17, 15) is 14.7 Å². The molecule has 0 saturated carbocycles. The summed E-state index contributed by atoms with van der Waals surface area (Å²) < 4.78 is 6.71. The first kappa shape index (κ1) is 17.3. The van der Waals surface area contributed by atoms with Crippen molar-refractivity contribution in [2.24, 2.45) is 5.10 Å². The second-order valence-electron chi connectivity index (χ2n) is 4.87. The van der Waals surface area contributed by atoms with Gasteiger partial charge in [-0.15, -0.1) is 0 Å². The van der Waals surface area contributed by atoms with Crippen LogP contribution >= 0.6 is 0 Å². The number of nitrogens with zero attached hydrogens (tertiary/aromatic N) is 2. The number of amides is 1. The number of carbonyl (C=O) groups excluding carboxylic acids is 1. The van der Waals surface area contributed by atoms with Crippen LogP contribution in [-0.4, -0.2) is 28.4 Å². The fourth-order valence-electron chi connectivity index (χ4n) is 2.07. The summed E-state index contributed by atoms with van der Waals surface area (Å²) in [5.74, 6) is -0.216. The Bertz CT molecular complexity index is 812. The number of phenolic OH excluding ortho intramolecular Hbond substituents is 1. The minimum Gasteiger partial charge on any atom is -0.504 e. The number of phenols is 1. The van der Waals surface area contributed by atoms with Crippen molar-refractivity contribution in [3.05, 3.63) is 58.0 Å². The highest BCUT2D eigenvalue weighted by Crippen LogP contribution is 2.26. The number of aromatic nitrogens is 1. The normalized spacial score (nSPS) is 10.8. The quantitative estimate of drug-likeness (QED) is 0.623. The van der Waals surface area contributed by atoms with Gasteiger partial charge >= 0.3 is 0 Å². The van der Waals surface area contributed by atoms with E-state index in [-0.39, 0.29) is 16.9 Å². The first-order chi connectivity index (χ1) is 11.6. The second-order valence-corrected chi connectivity index (χ2v) is 4.87. The summed E-state index contributed by atoms with van der Waals surface area (Å²) in [5.41, 5.74) is 2.61. The van der Waals surface area contributed by atoms with Gasteiger partial charge in [0.05, 0.1) is 12.8 Å². The molecule has 24 heavy (non-hydrogen) atoms. The number of hydrazone groups is 1. The molecule has 2 aromatic rings. The molecule has 0 saturated heterocycles. The Hall–Kier alpha value is -3.09. The molecule has 0 fully saturated rings. The van der Waals surface area contributed by atoms with Gasteiger partial charge < -0.3 is 14.4 Å². The molecule has 2 N–H and O–H groups in total. The minimum absolute atomic E-state index is 0.0252. The molecule has 2 rings (SSSR count). The zero-order chi connectivity index (χ0) is 17.5. The van der Waals surface area contributed by atoms with Crippen molar-refractivity contribution in [1.29, 1.82) is 0 Å². The highest BCUT2D eigenvalue weighted by atomic mass is 16.5. The summed E-state index contributed by atoms with van der Waals surface area (Å²) in [7, 11) is 0. The number of aryl methyl sites for hydroxylation is 1. The Morgan fingerprint density at radius 2 is 2.17 bits per heavy atom. The summed E-state index contributed by atoms with van der Waals surface area (Å²) in [6.07, 6.45) is 3.02. The molecule has 0 aliphatic carbocycles. The van der Waals surface area contributed by atoms with E-state index >= 15 is 0 Å². The van der Waals surface area contributed by atoms with Crippen LogP contribution in [0, 0.1) is 0 Å². The predicted molar refractivity (Wildman–Crippen MR) is 90.7 cm³/mol. The smallest absolute Gasteiger partial charge is 0.276 e. The van der Waals surface area contributed by atoms with Gasteiger partial charge in [-0.3, -0.25) is 9.59 Å². The highest BCUT2D eigenvalue weighted by Gasteiger charge is 2.10. The van der Waals surface area contributed by atoms with E-state index in [4.69, 9.17) is 4.74 Å². The van der Waals surface area contributed by atoms with Crippen LogP contribution in [0.2, 0.25) is 0 Å². The van der Waals surface area contributed by atoms with Crippen molar-refractivity contribution in [2.75, 3.05) is 6.61 Å². The molecule has 126 valence electrons. The lowest BCUT2D eigenvalue weighted by Gasteiger charge is -2.06. The van der Waals surface area contributed by atoms with Crippen LogP contribution in [0.25, 0.3) is 0 Å². The van der Waals surface area contributed by atoms with Crippen molar-refractivity contribution >= 4 is 12.1 Å². The van der Waals surface area contributed by atoms with E-state index < -0.39 is 5.91 Å². The van der Waals surface area contributed by atoms with E-state index in [1.165, 1.54) is 22.9 Å². The van der Waals surface area contributed by atoms with E-state index in [2.05, 4.69) is 10.5 Å². The van der Waals surface area contributed by atoms with Crippen LogP contribution < -0.4 is 15.7 Å². The molecule has 0 spiro atoms. The summed E-state index contributed by atoms with van der Waals surface area (Å²) in [6.45, 7) is 4.53. The summed E-state index contributed by atoms with van der Waals surface area (Å²) in [6, 6.07) is 7.79. The van der Waals surface area contributed by atoms with Crippen molar-refractivity contribution in [1.82, 2.24) is 9.99 Å². The molecule has 0 aliphatic heterocycles. The SMILES string of the molecule is CCOc1cc(/C=N\NC(=O)c2cccn(CC)c2=O)ccc1O. The second kappa shape index (κ2) is 7.96. The van der Waals surface area contributed by atoms with Crippen molar-refractivity contribution in [3.63, 3.8) is 0 Å². The topological polar surface area (TPSA) is 92.9 Å². The van der Waals surface area contributed by atoms with Gasteiger partial charge in [-0.05, 0) is 49.7 Å². The first-order valence-corrected chi connectivity index (χ1v) is 7.55. The molecule has 1 aromatic heterocycles. The van der Waals surface area contributed by atoms with Crippen molar-refractivity contribution in [3.8, 4) is 11.5 Å². The lowest BCUT2D eigenvalue weighted by molar-refractivity contribution is 0.0953. The number of carbonyl (C=O) groups is 1. The number of pyridine rings is 1. The van der Waals surface area contributed by atoms with Gasteiger partial charge in [-0.1, -0.05) is 0 Å². The number of aromatic hydroxyl groups is 1. The number of ether oxygens (including phenoxy) is 1. The van der Waals surface area contributed by atoms with E-state index in [1.807, 2.05) is 13.8 Å². The molecule has 0 bridgehead atoms. The van der Waals surface area contributed by atoms with Crippen molar-refractivity contribution < 1.29 is 14.6 Å². The number of hydrogen-bond acceptors (Lipinski definition) is 5. The molecule has 0 unspecified atom stereocenters. The van der Waals surface area contributed by atoms with Gasteiger partial charge in [-0.25, -0.2) is 5.43 Å². The average molecular weight is 329 g/mol. The highest BCUT2D eigenvalue weighted by molar-refractivity contribution is 5.94. The van der Waals surface area contributed by atoms with Crippen LogP contribution in [0.4, 0.5) is 0 Å². The molecular formula is C17H19N3O4. The predicted octanol–water partition coefficient (Wildman–Crippen LogP) is 1.74. The lowest BCUT2D eigenvalue weighted by Crippen LogP contribution is -2.30. The van der Waals surface area contributed by atoms with Crippen LogP contribution in [0.15, 0.2) is 46.4 Å². The summed E-state index contributed by atoms with van der Waals surface area (Å²) in [4.78, 5) is 24.1. The molecule has 7 heteroatoms. The number of nitrogens with one attached hydrogen (secondary N) is 1. The van der Waals surface area contributed by atoms with E-state index in [1.54, 1.807) is 24.4 Å². The van der Waals surface area contributed by atoms with E-state index in [0.29, 0.717) is 24.5 Å². The summed E-state index contributed by atoms with van der Waals surface area (Å²) in [5, 5.41) is 13.5. The Morgan fingerprint density at radius 3 is 2.88 bits per heavy atom. The fourth-order valence-corrected chi connectivity index (χ4v) is 2.07. The van der Waals surface area contributed by atoms with Gasteiger partial charge in [0.25, 0.3) is 11.5 Å². The Morgan fingerprint density at radius 1 is 1.38 bits per heavy atom. The number of hydrogen-bond donors (Lipinski definition) is 2. The van der Waals surface area contributed by atoms with Crippen LogP contribution in [0.1, 0.15) is 29.8 Å². The Balaban J connectivity index is 2.10. The van der Waals surface area contributed by atoms with Crippen LogP contribution in [-0.2, 0) is 6.54 Å². The monoisotopic (exact) mass is 329 g/mol.